The highest BCUT2D eigenvalue weighted by Gasteiger charge is 2.13. The van der Waals surface area contributed by atoms with Gasteiger partial charge in [0.05, 0.1) is 42.9 Å². The van der Waals surface area contributed by atoms with Crippen molar-refractivity contribution in [1.82, 2.24) is 20.0 Å². The third-order valence-electron chi connectivity index (χ3n) is 5.48. The fourth-order valence-corrected chi connectivity index (χ4v) is 3.58. The normalized spacial score (nSPS) is 14.1. The number of carbonyl (C=O) groups is 2. The van der Waals surface area contributed by atoms with Crippen molar-refractivity contribution in [2.75, 3.05) is 50.4 Å². The molecule has 2 aromatic carbocycles. The molecule has 1 aliphatic heterocycles. The molecule has 1 fully saturated rings. The van der Waals surface area contributed by atoms with E-state index in [0.717, 1.165) is 38.4 Å². The Morgan fingerprint density at radius 1 is 1.00 bits per heavy atom. The van der Waals surface area contributed by atoms with Crippen LogP contribution in [0.5, 0.6) is 0 Å². The number of amides is 2. The number of morpholine rings is 1. The number of nitrogen functional groups attached to an aromatic ring is 1. The van der Waals surface area contributed by atoms with Gasteiger partial charge in [-0.05, 0) is 29.8 Å². The highest BCUT2D eigenvalue weighted by atomic mass is 16.5. The number of ether oxygens (including phenoxy) is 1. The molecule has 9 heteroatoms. The summed E-state index contributed by atoms with van der Waals surface area (Å²) in [6.45, 7) is 5.17. The van der Waals surface area contributed by atoms with Crippen LogP contribution in [0.15, 0.2) is 60.9 Å². The van der Waals surface area contributed by atoms with Crippen molar-refractivity contribution in [2.45, 2.75) is 6.54 Å². The van der Waals surface area contributed by atoms with Crippen molar-refractivity contribution in [3.05, 3.63) is 77.6 Å². The van der Waals surface area contributed by atoms with Crippen LogP contribution in [0.25, 0.3) is 0 Å². The van der Waals surface area contributed by atoms with E-state index in [1.54, 1.807) is 41.3 Å². The molecule has 0 bridgehead atoms. The second-order valence-electron chi connectivity index (χ2n) is 7.87. The number of nitrogens with zero attached hydrogens (tertiary/aromatic N) is 3. The van der Waals surface area contributed by atoms with Crippen LogP contribution < -0.4 is 16.4 Å². The highest BCUT2D eigenvalue weighted by Crippen LogP contribution is 2.18. The minimum atomic E-state index is -0.227. The summed E-state index contributed by atoms with van der Waals surface area (Å²) in [6.07, 6.45) is 3.29. The van der Waals surface area contributed by atoms with Gasteiger partial charge in [0.25, 0.3) is 11.8 Å². The summed E-state index contributed by atoms with van der Waals surface area (Å²) in [5.41, 5.74) is 9.00. The molecule has 4 rings (SSSR count). The van der Waals surface area contributed by atoms with Crippen LogP contribution in [-0.4, -0.2) is 65.9 Å². The summed E-state index contributed by atoms with van der Waals surface area (Å²) < 4.78 is 7.04. The maximum Gasteiger partial charge on any atom is 0.255 e. The molecule has 4 N–H and O–H groups in total. The molecule has 0 aliphatic carbocycles. The first-order valence-electron chi connectivity index (χ1n) is 10.9. The molecule has 2 amide bonds. The van der Waals surface area contributed by atoms with E-state index in [0.29, 0.717) is 35.6 Å². The minimum Gasteiger partial charge on any atom is -0.397 e. The van der Waals surface area contributed by atoms with Gasteiger partial charge in [0.15, 0.2) is 0 Å². The Morgan fingerprint density at radius 2 is 1.76 bits per heavy atom. The molecule has 33 heavy (non-hydrogen) atoms. The summed E-state index contributed by atoms with van der Waals surface area (Å²) in [6, 6.07) is 14.4. The Labute approximate surface area is 192 Å². The Balaban J connectivity index is 1.27. The van der Waals surface area contributed by atoms with Crippen molar-refractivity contribution >= 4 is 23.2 Å². The molecule has 0 saturated carbocycles. The van der Waals surface area contributed by atoms with Gasteiger partial charge in [0, 0.05) is 37.9 Å². The average Bonchev–Trinajstić information content (AvgIpc) is 3.30. The van der Waals surface area contributed by atoms with E-state index in [9.17, 15) is 9.59 Å². The van der Waals surface area contributed by atoms with E-state index in [2.05, 4.69) is 20.6 Å². The second-order valence-corrected chi connectivity index (χ2v) is 7.87. The predicted octanol–water partition coefficient (Wildman–Crippen LogP) is 1.83. The molecule has 1 aliphatic rings. The number of carbonyl (C=O) groups excluding carboxylic acids is 2. The molecule has 3 aromatic rings. The fraction of sp³-hybridized carbons (Fsp3) is 0.292. The van der Waals surface area contributed by atoms with E-state index in [-0.39, 0.29) is 11.8 Å². The SMILES string of the molecule is Nc1ccccc1NC(=O)c1ccc(Cn2cc(C(=O)NCCN3CCOCC3)cn2)cc1. The number of benzene rings is 2. The van der Waals surface area contributed by atoms with Crippen molar-refractivity contribution in [1.29, 1.82) is 0 Å². The summed E-state index contributed by atoms with van der Waals surface area (Å²) in [7, 11) is 0. The van der Waals surface area contributed by atoms with Gasteiger partial charge >= 0.3 is 0 Å². The number of rotatable bonds is 8. The van der Waals surface area contributed by atoms with Gasteiger partial charge in [0.2, 0.25) is 0 Å². The molecule has 0 unspecified atom stereocenters. The van der Waals surface area contributed by atoms with Crippen LogP contribution in [0.4, 0.5) is 11.4 Å². The van der Waals surface area contributed by atoms with Gasteiger partial charge in [-0.1, -0.05) is 24.3 Å². The zero-order chi connectivity index (χ0) is 23.0. The fourth-order valence-electron chi connectivity index (χ4n) is 3.58. The molecule has 0 spiro atoms. The zero-order valence-electron chi connectivity index (χ0n) is 18.4. The third kappa shape index (κ3) is 6.18. The zero-order valence-corrected chi connectivity index (χ0v) is 18.4. The number of hydrogen-bond donors (Lipinski definition) is 3. The first-order chi connectivity index (χ1) is 16.1. The molecule has 1 aromatic heterocycles. The van der Waals surface area contributed by atoms with E-state index in [1.807, 2.05) is 24.3 Å². The van der Waals surface area contributed by atoms with Gasteiger partial charge in [0.1, 0.15) is 0 Å². The maximum absolute atomic E-state index is 12.5. The minimum absolute atomic E-state index is 0.137. The first-order valence-corrected chi connectivity index (χ1v) is 10.9. The second kappa shape index (κ2) is 10.8. The van der Waals surface area contributed by atoms with Crippen LogP contribution in [0.1, 0.15) is 26.3 Å². The first kappa shape index (κ1) is 22.5. The molecule has 0 atom stereocenters. The lowest BCUT2D eigenvalue weighted by atomic mass is 10.1. The quantitative estimate of drug-likeness (QED) is 0.453. The summed E-state index contributed by atoms with van der Waals surface area (Å²) in [4.78, 5) is 27.1. The third-order valence-corrected chi connectivity index (χ3v) is 5.48. The molecule has 172 valence electrons. The molecular formula is C24H28N6O3. The van der Waals surface area contributed by atoms with Crippen LogP contribution in [0, 0.1) is 0 Å². The lowest BCUT2D eigenvalue weighted by Crippen LogP contribution is -2.41. The summed E-state index contributed by atoms with van der Waals surface area (Å²) in [5, 5.41) is 10.0. The molecular weight excluding hydrogens is 420 g/mol. The number of nitrogens with two attached hydrogens (primary N) is 1. The number of para-hydroxylation sites is 2. The van der Waals surface area contributed by atoms with Gasteiger partial charge in [-0.2, -0.15) is 5.10 Å². The standard InChI is InChI=1S/C24H28N6O3/c25-21-3-1-2-4-22(21)28-24(32)19-7-5-18(6-8-19)16-30-17-20(15-27-30)23(31)26-9-10-29-11-13-33-14-12-29/h1-8,15,17H,9-14,16,25H2,(H,26,31)(H,28,32). The van der Waals surface area contributed by atoms with E-state index in [1.165, 1.54) is 0 Å². The molecule has 1 saturated heterocycles. The lowest BCUT2D eigenvalue weighted by molar-refractivity contribution is 0.0383. The van der Waals surface area contributed by atoms with Gasteiger partial charge in [-0.25, -0.2) is 0 Å². The Kier molecular flexibility index (Phi) is 7.33. The van der Waals surface area contributed by atoms with E-state index in [4.69, 9.17) is 10.5 Å². The predicted molar refractivity (Wildman–Crippen MR) is 126 cm³/mol. The number of nitrogens with one attached hydrogen (secondary N) is 2. The van der Waals surface area contributed by atoms with Crippen LogP contribution >= 0.6 is 0 Å². The Morgan fingerprint density at radius 3 is 2.52 bits per heavy atom. The Bertz CT molecular complexity index is 1090. The summed E-state index contributed by atoms with van der Waals surface area (Å²) >= 11 is 0. The van der Waals surface area contributed by atoms with Crippen LogP contribution in [0.2, 0.25) is 0 Å². The lowest BCUT2D eigenvalue weighted by Gasteiger charge is -2.26. The molecule has 9 nitrogen and oxygen atoms in total. The monoisotopic (exact) mass is 448 g/mol. The van der Waals surface area contributed by atoms with Crippen molar-refractivity contribution in [2.24, 2.45) is 0 Å². The van der Waals surface area contributed by atoms with Crippen LogP contribution in [0.3, 0.4) is 0 Å². The van der Waals surface area contributed by atoms with Crippen LogP contribution in [-0.2, 0) is 11.3 Å². The smallest absolute Gasteiger partial charge is 0.255 e. The van der Waals surface area contributed by atoms with Crippen molar-refractivity contribution in [3.8, 4) is 0 Å². The molecule has 0 radical (unpaired) electrons. The van der Waals surface area contributed by atoms with Gasteiger partial charge in [-0.3, -0.25) is 19.2 Å². The van der Waals surface area contributed by atoms with Gasteiger partial charge < -0.3 is 21.1 Å². The topological polar surface area (TPSA) is 115 Å². The maximum atomic E-state index is 12.5. The highest BCUT2D eigenvalue weighted by molar-refractivity contribution is 6.05. The number of aromatic nitrogens is 2. The average molecular weight is 449 g/mol. The van der Waals surface area contributed by atoms with Crippen molar-refractivity contribution in [3.63, 3.8) is 0 Å². The number of anilines is 2. The van der Waals surface area contributed by atoms with E-state index < -0.39 is 0 Å². The van der Waals surface area contributed by atoms with Crippen molar-refractivity contribution < 1.29 is 14.3 Å². The number of hydrogen-bond acceptors (Lipinski definition) is 6. The summed E-state index contributed by atoms with van der Waals surface area (Å²) in [5.74, 6) is -0.365. The van der Waals surface area contributed by atoms with Gasteiger partial charge in [-0.15, -0.1) is 0 Å². The largest absolute Gasteiger partial charge is 0.397 e. The molecule has 2 heterocycles. The van der Waals surface area contributed by atoms with E-state index >= 15 is 0 Å². The Hall–Kier alpha value is -3.69.